The molecule has 0 amide bonds. The average Bonchev–Trinajstić information content (AvgIpc) is 2.44. The Morgan fingerprint density at radius 2 is 1.30 bits per heavy atom. The van der Waals surface area contributed by atoms with Crippen LogP contribution in [0, 0.1) is 0 Å². The van der Waals surface area contributed by atoms with E-state index in [1.807, 2.05) is 42.5 Å². The van der Waals surface area contributed by atoms with E-state index in [0.29, 0.717) is 21.5 Å². The fraction of sp³-hybridized carbons (Fsp3) is 0.125. The Hall–Kier alpha value is -0.220. The number of rotatable bonds is 1. The van der Waals surface area contributed by atoms with Gasteiger partial charge < -0.3 is 13.1 Å². The van der Waals surface area contributed by atoms with Gasteiger partial charge in [-0.25, -0.2) is 0 Å². The van der Waals surface area contributed by atoms with E-state index in [0.717, 1.165) is 12.0 Å². The third-order valence-corrected chi connectivity index (χ3v) is 3.44. The predicted molar refractivity (Wildman–Crippen MR) is 76.4 cm³/mol. The molecule has 2 N–H and O–H groups in total. The Kier molecular flexibility index (Phi) is 6.39. The van der Waals surface area contributed by atoms with Gasteiger partial charge in [-0.15, -0.1) is 0 Å². The van der Waals surface area contributed by atoms with Crippen LogP contribution in [-0.2, 0) is 6.42 Å². The normalized spacial score (nSPS) is 10.1. The molecule has 4 heteroatoms. The number of hydrogen-bond acceptors (Lipinski definition) is 2. The number of phenolic OH excluding ortho intramolecular Hbond substituents is 2. The van der Waals surface area contributed by atoms with Crippen molar-refractivity contribution in [3.05, 3.63) is 48.0 Å². The van der Waals surface area contributed by atoms with E-state index in [1.54, 1.807) is 0 Å². The molecular formula is C16H16Na2O2. The van der Waals surface area contributed by atoms with E-state index in [2.05, 4.69) is 6.92 Å². The number of benzene rings is 3. The van der Waals surface area contributed by atoms with Crippen molar-refractivity contribution in [3.8, 4) is 11.5 Å². The Labute approximate surface area is 165 Å². The van der Waals surface area contributed by atoms with Gasteiger partial charge in [-0.05, 0) is 18.1 Å². The van der Waals surface area contributed by atoms with Crippen LogP contribution in [0.2, 0.25) is 0 Å². The summed E-state index contributed by atoms with van der Waals surface area (Å²) in [6, 6.07) is 13.1. The Morgan fingerprint density at radius 3 is 1.85 bits per heavy atom. The van der Waals surface area contributed by atoms with Gasteiger partial charge in [-0.3, -0.25) is 0 Å². The van der Waals surface area contributed by atoms with Gasteiger partial charge in [0.05, 0.1) is 0 Å². The number of aryl methyl sites for hydroxylation is 1. The number of aromatic hydroxyl groups is 2. The van der Waals surface area contributed by atoms with E-state index in [1.165, 1.54) is 0 Å². The van der Waals surface area contributed by atoms with Crippen molar-refractivity contribution < 1.29 is 72.2 Å². The first-order chi connectivity index (χ1) is 8.72. The van der Waals surface area contributed by atoms with Gasteiger partial charge in [0.1, 0.15) is 11.5 Å². The first-order valence-corrected chi connectivity index (χ1v) is 6.07. The van der Waals surface area contributed by atoms with Gasteiger partial charge >= 0.3 is 59.1 Å². The minimum absolute atomic E-state index is 0. The number of hydrogen-bond donors (Lipinski definition) is 2. The summed E-state index contributed by atoms with van der Waals surface area (Å²) < 4.78 is 0. The molecule has 0 saturated heterocycles. The SMILES string of the molecule is CCc1ccc2c(O)c3ccccc3c(O)c2c1.[H-].[H-].[Na+].[Na+]. The third kappa shape index (κ3) is 2.87. The molecular weight excluding hydrogens is 270 g/mol. The Balaban J connectivity index is 0. The van der Waals surface area contributed by atoms with Crippen LogP contribution in [0.3, 0.4) is 0 Å². The summed E-state index contributed by atoms with van der Waals surface area (Å²) >= 11 is 0. The molecule has 3 rings (SSSR count). The summed E-state index contributed by atoms with van der Waals surface area (Å²) in [7, 11) is 0. The first-order valence-electron chi connectivity index (χ1n) is 6.07. The molecule has 0 fully saturated rings. The fourth-order valence-corrected chi connectivity index (χ4v) is 2.40. The molecule has 20 heavy (non-hydrogen) atoms. The largest absolute Gasteiger partial charge is 1.00 e. The Morgan fingerprint density at radius 1 is 0.800 bits per heavy atom. The minimum Gasteiger partial charge on any atom is -1.00 e. The second-order valence-corrected chi connectivity index (χ2v) is 4.48. The van der Waals surface area contributed by atoms with Crippen molar-refractivity contribution in [3.63, 3.8) is 0 Å². The monoisotopic (exact) mass is 286 g/mol. The molecule has 0 saturated carbocycles. The quantitative estimate of drug-likeness (QED) is 0.315. The first kappa shape index (κ1) is 17.8. The molecule has 94 valence electrons. The van der Waals surface area contributed by atoms with Crippen molar-refractivity contribution in [1.82, 2.24) is 0 Å². The molecule has 0 aliphatic rings. The van der Waals surface area contributed by atoms with Crippen molar-refractivity contribution in [1.29, 1.82) is 0 Å². The predicted octanol–water partition coefficient (Wildman–Crippen LogP) is -1.80. The summed E-state index contributed by atoms with van der Waals surface area (Å²) in [6.07, 6.45) is 0.906. The van der Waals surface area contributed by atoms with Gasteiger partial charge in [0.15, 0.2) is 0 Å². The van der Waals surface area contributed by atoms with Crippen LogP contribution in [0.15, 0.2) is 42.5 Å². The van der Waals surface area contributed by atoms with Gasteiger partial charge in [-0.1, -0.05) is 43.3 Å². The molecule has 3 aromatic rings. The number of fused-ring (bicyclic) bond motifs is 2. The van der Waals surface area contributed by atoms with Crippen LogP contribution in [0.1, 0.15) is 15.3 Å². The molecule has 0 aromatic heterocycles. The third-order valence-electron chi connectivity index (χ3n) is 3.44. The summed E-state index contributed by atoms with van der Waals surface area (Å²) in [4.78, 5) is 0. The van der Waals surface area contributed by atoms with Gasteiger partial charge in [0.2, 0.25) is 0 Å². The standard InChI is InChI=1S/C16H14O2.2Na.2H/c1-2-10-7-8-13-14(9-10)16(18)12-6-4-3-5-11(12)15(13)17;;;;/h3-9,17-18H,2H2,1H3;;;;/q;2*+1;2*-1. The maximum absolute atomic E-state index is 10.3. The van der Waals surface area contributed by atoms with Gasteiger partial charge in [0, 0.05) is 21.5 Å². The van der Waals surface area contributed by atoms with Crippen LogP contribution in [0.25, 0.3) is 21.5 Å². The molecule has 0 aliphatic carbocycles. The average molecular weight is 286 g/mol. The maximum Gasteiger partial charge on any atom is 1.00 e. The van der Waals surface area contributed by atoms with E-state index >= 15 is 0 Å². The topological polar surface area (TPSA) is 40.5 Å². The smallest absolute Gasteiger partial charge is 1.00 e. The van der Waals surface area contributed by atoms with Crippen LogP contribution >= 0.6 is 0 Å². The second kappa shape index (κ2) is 7.17. The van der Waals surface area contributed by atoms with E-state index in [-0.39, 0.29) is 73.5 Å². The van der Waals surface area contributed by atoms with E-state index < -0.39 is 0 Å². The summed E-state index contributed by atoms with van der Waals surface area (Å²) in [5, 5.41) is 23.4. The molecule has 3 aromatic carbocycles. The molecule has 2 nitrogen and oxygen atoms in total. The molecule has 0 radical (unpaired) electrons. The minimum atomic E-state index is 0. The summed E-state index contributed by atoms with van der Waals surface area (Å²) in [5.41, 5.74) is 1.15. The molecule has 0 bridgehead atoms. The fourth-order valence-electron chi connectivity index (χ4n) is 2.40. The second-order valence-electron chi connectivity index (χ2n) is 4.48. The zero-order chi connectivity index (χ0) is 12.7. The molecule has 0 aliphatic heterocycles. The van der Waals surface area contributed by atoms with E-state index in [9.17, 15) is 10.2 Å². The molecule has 0 spiro atoms. The van der Waals surface area contributed by atoms with E-state index in [4.69, 9.17) is 0 Å². The summed E-state index contributed by atoms with van der Waals surface area (Å²) in [5.74, 6) is 0.481. The van der Waals surface area contributed by atoms with Crippen LogP contribution in [0.5, 0.6) is 11.5 Å². The van der Waals surface area contributed by atoms with Crippen molar-refractivity contribution in [2.75, 3.05) is 0 Å². The Bertz CT molecular complexity index is 764. The molecule has 0 atom stereocenters. The number of phenols is 2. The van der Waals surface area contributed by atoms with Crippen molar-refractivity contribution >= 4 is 21.5 Å². The zero-order valence-corrected chi connectivity index (χ0v) is 16.1. The van der Waals surface area contributed by atoms with Crippen molar-refractivity contribution in [2.24, 2.45) is 0 Å². The van der Waals surface area contributed by atoms with Crippen molar-refractivity contribution in [2.45, 2.75) is 13.3 Å². The zero-order valence-electron chi connectivity index (χ0n) is 14.1. The van der Waals surface area contributed by atoms with Crippen LogP contribution < -0.4 is 59.1 Å². The summed E-state index contributed by atoms with van der Waals surface area (Å²) in [6.45, 7) is 2.07. The van der Waals surface area contributed by atoms with Crippen LogP contribution in [0.4, 0.5) is 0 Å². The van der Waals surface area contributed by atoms with Gasteiger partial charge in [0.25, 0.3) is 0 Å². The van der Waals surface area contributed by atoms with Gasteiger partial charge in [-0.2, -0.15) is 0 Å². The maximum atomic E-state index is 10.3. The molecule has 0 heterocycles. The van der Waals surface area contributed by atoms with Crippen LogP contribution in [-0.4, -0.2) is 10.2 Å². The molecule has 0 unspecified atom stereocenters.